The van der Waals surface area contributed by atoms with Gasteiger partial charge in [0.2, 0.25) is 11.8 Å². The molecule has 1 aromatic carbocycles. The van der Waals surface area contributed by atoms with Crippen molar-refractivity contribution in [2.45, 2.75) is 37.5 Å². The highest BCUT2D eigenvalue weighted by molar-refractivity contribution is 8.00. The van der Waals surface area contributed by atoms with E-state index in [0.717, 1.165) is 15.8 Å². The molecule has 2 fully saturated rings. The van der Waals surface area contributed by atoms with Crippen LogP contribution in [-0.2, 0) is 25.6 Å². The summed E-state index contributed by atoms with van der Waals surface area (Å²) in [6, 6.07) is 8.06. The molecule has 30 heavy (non-hydrogen) atoms. The maximum atomic E-state index is 13.0. The van der Waals surface area contributed by atoms with E-state index in [1.165, 1.54) is 11.8 Å². The summed E-state index contributed by atoms with van der Waals surface area (Å²) in [7, 11) is 0. The van der Waals surface area contributed by atoms with Gasteiger partial charge in [0.1, 0.15) is 6.54 Å². The average molecular weight is 432 g/mol. The maximum absolute atomic E-state index is 13.0. The first-order valence-electron chi connectivity index (χ1n) is 10.5. The van der Waals surface area contributed by atoms with Gasteiger partial charge in [0.25, 0.3) is 0 Å². The van der Waals surface area contributed by atoms with E-state index in [-0.39, 0.29) is 30.6 Å². The third-order valence-corrected chi connectivity index (χ3v) is 6.57. The van der Waals surface area contributed by atoms with Crippen molar-refractivity contribution in [2.24, 2.45) is 0 Å². The Morgan fingerprint density at radius 2 is 1.73 bits per heavy atom. The van der Waals surface area contributed by atoms with E-state index in [1.807, 2.05) is 52.6 Å². The molecule has 7 nitrogen and oxygen atoms in total. The Bertz CT molecular complexity index is 899. The van der Waals surface area contributed by atoms with E-state index in [1.54, 1.807) is 0 Å². The molecule has 0 N–H and O–H groups in total. The van der Waals surface area contributed by atoms with Gasteiger partial charge in [-0.25, -0.2) is 0 Å². The fourth-order valence-electron chi connectivity index (χ4n) is 4.13. The fourth-order valence-corrected chi connectivity index (χ4v) is 5.12. The third-order valence-electron chi connectivity index (χ3n) is 5.54. The lowest BCUT2D eigenvalue weighted by Crippen LogP contribution is -2.49. The summed E-state index contributed by atoms with van der Waals surface area (Å²) < 4.78 is 13.1. The summed E-state index contributed by atoms with van der Waals surface area (Å²) in [5.74, 6) is 0.617. The van der Waals surface area contributed by atoms with Crippen LogP contribution in [0.15, 0.2) is 35.4 Å². The molecule has 8 heteroatoms. The van der Waals surface area contributed by atoms with E-state index in [2.05, 4.69) is 6.07 Å². The molecular weight excluding hydrogens is 402 g/mol. The van der Waals surface area contributed by atoms with Gasteiger partial charge in [-0.3, -0.25) is 9.59 Å². The van der Waals surface area contributed by atoms with E-state index < -0.39 is 0 Å². The van der Waals surface area contributed by atoms with Gasteiger partial charge in [-0.05, 0) is 19.9 Å². The van der Waals surface area contributed by atoms with E-state index in [0.29, 0.717) is 45.1 Å². The third kappa shape index (κ3) is 4.82. The maximum Gasteiger partial charge on any atom is 0.242 e. The Hall–Kier alpha value is -2.03. The summed E-state index contributed by atoms with van der Waals surface area (Å²) in [5.41, 5.74) is 1.02. The first-order valence-corrected chi connectivity index (χ1v) is 11.5. The van der Waals surface area contributed by atoms with E-state index >= 15 is 0 Å². The Morgan fingerprint density at radius 3 is 2.47 bits per heavy atom. The minimum atomic E-state index is 0.0522. The molecule has 2 saturated heterocycles. The second-order valence-corrected chi connectivity index (χ2v) is 8.99. The molecule has 1 aromatic heterocycles. The van der Waals surface area contributed by atoms with Gasteiger partial charge in [0.15, 0.2) is 0 Å². The quantitative estimate of drug-likeness (QED) is 0.680. The lowest BCUT2D eigenvalue weighted by atomic mass is 10.2. The molecule has 0 saturated carbocycles. The molecule has 2 atom stereocenters. The summed E-state index contributed by atoms with van der Waals surface area (Å²) in [6.07, 6.45) is 2.11. The smallest absolute Gasteiger partial charge is 0.242 e. The average Bonchev–Trinajstić information content (AvgIpc) is 3.09. The highest BCUT2D eigenvalue weighted by Crippen LogP contribution is 2.30. The van der Waals surface area contributed by atoms with Crippen LogP contribution in [0.1, 0.15) is 13.8 Å². The monoisotopic (exact) mass is 431 g/mol. The van der Waals surface area contributed by atoms with Crippen LogP contribution in [0.3, 0.4) is 0 Å². The number of para-hydroxylation sites is 1. The van der Waals surface area contributed by atoms with Gasteiger partial charge in [-0.1, -0.05) is 18.2 Å². The molecule has 0 bridgehead atoms. The summed E-state index contributed by atoms with van der Waals surface area (Å²) in [4.78, 5) is 30.3. The second-order valence-electron chi connectivity index (χ2n) is 7.98. The van der Waals surface area contributed by atoms with Crippen LogP contribution >= 0.6 is 11.8 Å². The number of hydrogen-bond donors (Lipinski definition) is 0. The van der Waals surface area contributed by atoms with Crippen molar-refractivity contribution in [1.82, 2.24) is 14.4 Å². The number of morpholine rings is 2. The van der Waals surface area contributed by atoms with Gasteiger partial charge < -0.3 is 23.8 Å². The van der Waals surface area contributed by atoms with Gasteiger partial charge in [-0.2, -0.15) is 0 Å². The molecule has 2 aromatic rings. The summed E-state index contributed by atoms with van der Waals surface area (Å²) >= 11 is 1.54. The Balaban J connectivity index is 1.46. The number of ether oxygens (including phenoxy) is 2. The molecular formula is C22H29N3O4S. The number of rotatable bonds is 5. The number of benzene rings is 1. The molecule has 2 aliphatic rings. The van der Waals surface area contributed by atoms with E-state index in [9.17, 15) is 9.59 Å². The van der Waals surface area contributed by atoms with Crippen molar-refractivity contribution in [2.75, 3.05) is 45.1 Å². The minimum absolute atomic E-state index is 0.0522. The van der Waals surface area contributed by atoms with Gasteiger partial charge in [0, 0.05) is 48.2 Å². The van der Waals surface area contributed by atoms with Crippen LogP contribution in [0.25, 0.3) is 10.9 Å². The minimum Gasteiger partial charge on any atom is -0.378 e. The lowest BCUT2D eigenvalue weighted by molar-refractivity contribution is -0.143. The van der Waals surface area contributed by atoms with Crippen molar-refractivity contribution in [3.8, 4) is 0 Å². The Labute approximate surface area is 181 Å². The van der Waals surface area contributed by atoms with Crippen LogP contribution < -0.4 is 0 Å². The van der Waals surface area contributed by atoms with Crippen LogP contribution in [0.2, 0.25) is 0 Å². The number of carbonyl (C=O) groups excluding carboxylic acids is 2. The Morgan fingerprint density at radius 1 is 1.03 bits per heavy atom. The predicted octanol–water partition coefficient (Wildman–Crippen LogP) is 2.23. The number of hydrogen-bond acceptors (Lipinski definition) is 5. The first-order chi connectivity index (χ1) is 14.5. The standard InChI is InChI=1S/C22H29N3O4S/c1-16-11-25(12-17(2)29-16)21(26)14-24-13-20(18-5-3-4-6-19(18)24)30-15-22(27)23-7-9-28-10-8-23/h3-6,13,16-17H,7-12,14-15H2,1-2H3/t16-,17-/m1/s1. The molecule has 0 aliphatic carbocycles. The molecule has 162 valence electrons. The van der Waals surface area contributed by atoms with Crippen molar-refractivity contribution in [3.05, 3.63) is 30.5 Å². The highest BCUT2D eigenvalue weighted by atomic mass is 32.2. The zero-order valence-corrected chi connectivity index (χ0v) is 18.4. The number of fused-ring (bicyclic) bond motifs is 1. The zero-order valence-electron chi connectivity index (χ0n) is 17.6. The highest BCUT2D eigenvalue weighted by Gasteiger charge is 2.26. The number of nitrogens with zero attached hydrogens (tertiary/aromatic N) is 3. The fraction of sp³-hybridized carbons (Fsp3) is 0.545. The largest absolute Gasteiger partial charge is 0.378 e. The molecule has 2 amide bonds. The van der Waals surface area contributed by atoms with Crippen molar-refractivity contribution >= 4 is 34.5 Å². The predicted molar refractivity (Wildman–Crippen MR) is 117 cm³/mol. The Kier molecular flexibility index (Phi) is 6.65. The van der Waals surface area contributed by atoms with Crippen molar-refractivity contribution < 1.29 is 19.1 Å². The molecule has 4 rings (SSSR count). The van der Waals surface area contributed by atoms with Crippen molar-refractivity contribution in [1.29, 1.82) is 0 Å². The van der Waals surface area contributed by atoms with Crippen LogP contribution in [0.4, 0.5) is 0 Å². The molecule has 2 aliphatic heterocycles. The molecule has 0 unspecified atom stereocenters. The zero-order chi connectivity index (χ0) is 21.1. The SMILES string of the molecule is C[C@@H]1CN(C(=O)Cn2cc(SCC(=O)N3CCOCC3)c3ccccc32)C[C@@H](C)O1. The lowest BCUT2D eigenvalue weighted by Gasteiger charge is -2.35. The molecule has 0 spiro atoms. The van der Waals surface area contributed by atoms with Gasteiger partial charge >= 0.3 is 0 Å². The summed E-state index contributed by atoms with van der Waals surface area (Å²) in [5, 5.41) is 1.08. The van der Waals surface area contributed by atoms with Crippen LogP contribution in [0.5, 0.6) is 0 Å². The number of thioether (sulfide) groups is 1. The topological polar surface area (TPSA) is 64.0 Å². The normalized spacial score (nSPS) is 22.5. The molecule has 0 radical (unpaired) electrons. The van der Waals surface area contributed by atoms with Gasteiger partial charge in [0.05, 0.1) is 31.2 Å². The van der Waals surface area contributed by atoms with Crippen LogP contribution in [-0.4, -0.2) is 83.5 Å². The number of amides is 2. The summed E-state index contributed by atoms with van der Waals surface area (Å²) in [6.45, 7) is 8.07. The first kappa shape index (κ1) is 21.2. The van der Waals surface area contributed by atoms with Crippen molar-refractivity contribution in [3.63, 3.8) is 0 Å². The number of carbonyl (C=O) groups is 2. The second kappa shape index (κ2) is 9.41. The number of aromatic nitrogens is 1. The van der Waals surface area contributed by atoms with Gasteiger partial charge in [-0.15, -0.1) is 11.8 Å². The van der Waals surface area contributed by atoms with E-state index in [4.69, 9.17) is 9.47 Å². The van der Waals surface area contributed by atoms with Crippen LogP contribution in [0, 0.1) is 0 Å². The molecule has 3 heterocycles.